The van der Waals surface area contributed by atoms with Crippen LogP contribution in [0.1, 0.15) is 18.4 Å². The number of aromatic nitrogens is 1. The first-order valence-electron chi connectivity index (χ1n) is 6.28. The second-order valence-corrected chi connectivity index (χ2v) is 4.77. The number of aromatic amines is 1. The maximum Gasteiger partial charge on any atom is 0.121 e. The standard InChI is InChI=1S/C14H18N2O/c1-10-8-16-14-7-11(4-5-13(10)14)17-12-3-2-6-15-9-12/h4-5,7-8,12,15-16H,2-3,6,9H2,1H3. The van der Waals surface area contributed by atoms with Crippen LogP contribution in [-0.2, 0) is 0 Å². The summed E-state index contributed by atoms with van der Waals surface area (Å²) in [6, 6.07) is 6.29. The Kier molecular flexibility index (Phi) is 2.77. The van der Waals surface area contributed by atoms with Crippen molar-refractivity contribution in [2.75, 3.05) is 13.1 Å². The minimum atomic E-state index is 0.317. The van der Waals surface area contributed by atoms with Gasteiger partial charge >= 0.3 is 0 Å². The summed E-state index contributed by atoms with van der Waals surface area (Å²) in [5.74, 6) is 0.966. The summed E-state index contributed by atoms with van der Waals surface area (Å²) in [5, 5.41) is 4.64. The van der Waals surface area contributed by atoms with Crippen LogP contribution in [-0.4, -0.2) is 24.2 Å². The Morgan fingerprint density at radius 3 is 3.12 bits per heavy atom. The Morgan fingerprint density at radius 1 is 1.35 bits per heavy atom. The largest absolute Gasteiger partial charge is 0.489 e. The molecule has 1 unspecified atom stereocenters. The number of aryl methyl sites for hydroxylation is 1. The van der Waals surface area contributed by atoms with Crippen molar-refractivity contribution in [3.63, 3.8) is 0 Å². The number of rotatable bonds is 2. The molecule has 0 amide bonds. The first-order valence-corrected chi connectivity index (χ1v) is 6.28. The monoisotopic (exact) mass is 230 g/mol. The van der Waals surface area contributed by atoms with Gasteiger partial charge in [-0.25, -0.2) is 0 Å². The van der Waals surface area contributed by atoms with Crippen LogP contribution in [0.2, 0.25) is 0 Å². The van der Waals surface area contributed by atoms with Crippen molar-refractivity contribution in [2.24, 2.45) is 0 Å². The van der Waals surface area contributed by atoms with Gasteiger partial charge in [-0.2, -0.15) is 0 Å². The summed E-state index contributed by atoms with van der Waals surface area (Å²) >= 11 is 0. The lowest BCUT2D eigenvalue weighted by molar-refractivity contribution is 0.167. The number of nitrogens with one attached hydrogen (secondary N) is 2. The van der Waals surface area contributed by atoms with Crippen molar-refractivity contribution < 1.29 is 4.74 Å². The third kappa shape index (κ3) is 2.15. The molecule has 2 heterocycles. The fourth-order valence-electron chi connectivity index (χ4n) is 2.44. The molecule has 3 nitrogen and oxygen atoms in total. The van der Waals surface area contributed by atoms with Crippen molar-refractivity contribution in [2.45, 2.75) is 25.9 Å². The average molecular weight is 230 g/mol. The van der Waals surface area contributed by atoms with E-state index in [1.54, 1.807) is 0 Å². The zero-order valence-corrected chi connectivity index (χ0v) is 10.1. The third-order valence-corrected chi connectivity index (χ3v) is 3.41. The average Bonchev–Trinajstić information content (AvgIpc) is 2.72. The van der Waals surface area contributed by atoms with Crippen LogP contribution in [0.15, 0.2) is 24.4 Å². The smallest absolute Gasteiger partial charge is 0.121 e. The van der Waals surface area contributed by atoms with E-state index in [-0.39, 0.29) is 0 Å². The SMILES string of the molecule is Cc1c[nH]c2cc(OC3CCCNC3)ccc12. The summed E-state index contributed by atoms with van der Waals surface area (Å²) in [5.41, 5.74) is 2.44. The third-order valence-electron chi connectivity index (χ3n) is 3.41. The second-order valence-electron chi connectivity index (χ2n) is 4.77. The van der Waals surface area contributed by atoms with E-state index in [9.17, 15) is 0 Å². The highest BCUT2D eigenvalue weighted by atomic mass is 16.5. The summed E-state index contributed by atoms with van der Waals surface area (Å²) in [4.78, 5) is 3.27. The molecule has 3 heteroatoms. The van der Waals surface area contributed by atoms with E-state index in [4.69, 9.17) is 4.74 Å². The zero-order chi connectivity index (χ0) is 11.7. The van der Waals surface area contributed by atoms with E-state index in [2.05, 4.69) is 35.4 Å². The summed E-state index contributed by atoms with van der Waals surface area (Å²) in [7, 11) is 0. The summed E-state index contributed by atoms with van der Waals surface area (Å²) < 4.78 is 5.99. The van der Waals surface area contributed by atoms with Gasteiger partial charge in [-0.3, -0.25) is 0 Å². The molecule has 2 N–H and O–H groups in total. The van der Waals surface area contributed by atoms with Crippen LogP contribution in [0.25, 0.3) is 10.9 Å². The molecule has 1 atom stereocenters. The van der Waals surface area contributed by atoms with Crippen molar-refractivity contribution in [3.05, 3.63) is 30.0 Å². The predicted molar refractivity (Wildman–Crippen MR) is 69.6 cm³/mol. The molecule has 90 valence electrons. The lowest BCUT2D eigenvalue weighted by Crippen LogP contribution is -2.37. The zero-order valence-electron chi connectivity index (χ0n) is 10.1. The molecule has 0 radical (unpaired) electrons. The molecular formula is C14H18N2O. The molecule has 0 spiro atoms. The highest BCUT2D eigenvalue weighted by Gasteiger charge is 2.14. The predicted octanol–water partition coefficient (Wildman–Crippen LogP) is 2.61. The Hall–Kier alpha value is -1.48. The number of H-pyrrole nitrogens is 1. The van der Waals surface area contributed by atoms with Crippen molar-refractivity contribution in [1.29, 1.82) is 0 Å². The molecule has 0 bridgehead atoms. The first-order chi connectivity index (χ1) is 8.33. The summed E-state index contributed by atoms with van der Waals surface area (Å²) in [6.07, 6.45) is 4.71. The lowest BCUT2D eigenvalue weighted by Gasteiger charge is -2.23. The number of ether oxygens (including phenoxy) is 1. The van der Waals surface area contributed by atoms with Crippen molar-refractivity contribution in [3.8, 4) is 5.75 Å². The van der Waals surface area contributed by atoms with E-state index in [0.717, 1.165) is 30.8 Å². The van der Waals surface area contributed by atoms with E-state index < -0.39 is 0 Å². The van der Waals surface area contributed by atoms with E-state index in [1.165, 1.54) is 17.4 Å². The van der Waals surface area contributed by atoms with E-state index >= 15 is 0 Å². The van der Waals surface area contributed by atoms with Crippen LogP contribution < -0.4 is 10.1 Å². The molecule has 1 aromatic carbocycles. The van der Waals surface area contributed by atoms with Crippen LogP contribution >= 0.6 is 0 Å². The fraction of sp³-hybridized carbons (Fsp3) is 0.429. The Labute approximate surface area is 101 Å². The van der Waals surface area contributed by atoms with Gasteiger partial charge in [0, 0.05) is 29.7 Å². The number of fused-ring (bicyclic) bond motifs is 1. The number of hydrogen-bond donors (Lipinski definition) is 2. The van der Waals surface area contributed by atoms with Gasteiger partial charge in [-0.15, -0.1) is 0 Å². The molecule has 1 fully saturated rings. The summed E-state index contributed by atoms with van der Waals surface area (Å²) in [6.45, 7) is 4.20. The Morgan fingerprint density at radius 2 is 2.29 bits per heavy atom. The Bertz CT molecular complexity index is 512. The minimum Gasteiger partial charge on any atom is -0.489 e. The molecule has 17 heavy (non-hydrogen) atoms. The molecule has 1 aromatic heterocycles. The van der Waals surface area contributed by atoms with Gasteiger partial charge in [0.15, 0.2) is 0 Å². The van der Waals surface area contributed by atoms with Gasteiger partial charge < -0.3 is 15.0 Å². The quantitative estimate of drug-likeness (QED) is 0.832. The van der Waals surface area contributed by atoms with Crippen molar-refractivity contribution in [1.82, 2.24) is 10.3 Å². The Balaban J connectivity index is 1.80. The maximum atomic E-state index is 5.99. The second kappa shape index (κ2) is 4.41. The van der Waals surface area contributed by atoms with Gasteiger partial charge in [-0.1, -0.05) is 0 Å². The lowest BCUT2D eigenvalue weighted by atomic mass is 10.1. The molecule has 0 aliphatic carbocycles. The number of benzene rings is 1. The number of piperidine rings is 1. The normalized spacial score (nSPS) is 20.6. The fourth-order valence-corrected chi connectivity index (χ4v) is 2.44. The topological polar surface area (TPSA) is 37.0 Å². The van der Waals surface area contributed by atoms with Crippen LogP contribution in [0.3, 0.4) is 0 Å². The van der Waals surface area contributed by atoms with Crippen LogP contribution in [0.4, 0.5) is 0 Å². The van der Waals surface area contributed by atoms with Gasteiger partial charge in [0.05, 0.1) is 0 Å². The molecule has 2 aromatic rings. The molecule has 1 saturated heterocycles. The minimum absolute atomic E-state index is 0.317. The van der Waals surface area contributed by atoms with Gasteiger partial charge in [0.2, 0.25) is 0 Å². The van der Waals surface area contributed by atoms with Crippen LogP contribution in [0.5, 0.6) is 5.75 Å². The highest BCUT2D eigenvalue weighted by Crippen LogP contribution is 2.24. The number of hydrogen-bond acceptors (Lipinski definition) is 2. The molecular weight excluding hydrogens is 212 g/mol. The molecule has 1 aliphatic heterocycles. The first kappa shape index (κ1) is 10.7. The van der Waals surface area contributed by atoms with Gasteiger partial charge in [-0.05, 0) is 44.0 Å². The molecule has 3 rings (SSSR count). The van der Waals surface area contributed by atoms with Gasteiger partial charge in [0.25, 0.3) is 0 Å². The molecule has 1 aliphatic rings. The maximum absolute atomic E-state index is 5.99. The molecule has 0 saturated carbocycles. The van der Waals surface area contributed by atoms with Gasteiger partial charge in [0.1, 0.15) is 11.9 Å². The van der Waals surface area contributed by atoms with Crippen molar-refractivity contribution >= 4 is 10.9 Å². The van der Waals surface area contributed by atoms with Crippen LogP contribution in [0, 0.1) is 6.92 Å². The van der Waals surface area contributed by atoms with E-state index in [1.807, 2.05) is 6.20 Å². The highest BCUT2D eigenvalue weighted by molar-refractivity contribution is 5.84. The van der Waals surface area contributed by atoms with E-state index in [0.29, 0.717) is 6.10 Å².